The molecule has 2 rings (SSSR count). The van der Waals surface area contributed by atoms with Gasteiger partial charge in [-0.3, -0.25) is 4.79 Å². The van der Waals surface area contributed by atoms with E-state index in [-0.39, 0.29) is 27.0 Å². The summed E-state index contributed by atoms with van der Waals surface area (Å²) in [6, 6.07) is 9.56. The first-order chi connectivity index (χ1) is 12.9. The Bertz CT molecular complexity index is 888. The lowest BCUT2D eigenvalue weighted by atomic mass is 10.1. The van der Waals surface area contributed by atoms with Gasteiger partial charge in [0, 0.05) is 9.92 Å². The molecule has 0 aliphatic rings. The van der Waals surface area contributed by atoms with Crippen LogP contribution in [0.25, 0.3) is 0 Å². The lowest BCUT2D eigenvalue weighted by Gasteiger charge is -2.12. The van der Waals surface area contributed by atoms with Gasteiger partial charge in [0.15, 0.2) is 0 Å². The molecular formula is C18H15Cl2NO5S. The van der Waals surface area contributed by atoms with Crippen molar-refractivity contribution in [2.75, 3.05) is 25.3 Å². The lowest BCUT2D eigenvalue weighted by Crippen LogP contribution is -2.17. The molecule has 0 fully saturated rings. The van der Waals surface area contributed by atoms with Gasteiger partial charge >= 0.3 is 11.9 Å². The molecule has 142 valence electrons. The number of amides is 1. The molecule has 0 aliphatic carbocycles. The molecule has 0 aliphatic heterocycles. The predicted octanol–water partition coefficient (Wildman–Crippen LogP) is 4.30. The van der Waals surface area contributed by atoms with Crippen LogP contribution in [0.4, 0.5) is 5.69 Å². The van der Waals surface area contributed by atoms with Crippen LogP contribution < -0.4 is 5.32 Å². The molecule has 0 unspecified atom stereocenters. The largest absolute Gasteiger partial charge is 0.465 e. The molecule has 0 spiro atoms. The topological polar surface area (TPSA) is 81.7 Å². The highest BCUT2D eigenvalue weighted by Gasteiger charge is 2.20. The van der Waals surface area contributed by atoms with Crippen molar-refractivity contribution in [3.8, 4) is 0 Å². The van der Waals surface area contributed by atoms with Crippen LogP contribution in [0.5, 0.6) is 0 Å². The second-order valence-corrected chi connectivity index (χ2v) is 6.99. The van der Waals surface area contributed by atoms with Gasteiger partial charge in [-0.25, -0.2) is 9.59 Å². The normalized spacial score (nSPS) is 10.2. The van der Waals surface area contributed by atoms with E-state index in [2.05, 4.69) is 10.1 Å². The summed E-state index contributed by atoms with van der Waals surface area (Å²) in [5, 5.41) is 2.91. The van der Waals surface area contributed by atoms with Crippen molar-refractivity contribution < 1.29 is 23.9 Å². The monoisotopic (exact) mass is 427 g/mol. The number of esters is 2. The number of hydrogen-bond donors (Lipinski definition) is 1. The summed E-state index contributed by atoms with van der Waals surface area (Å²) in [5.74, 6) is -1.62. The average Bonchev–Trinajstić information content (AvgIpc) is 2.65. The molecule has 9 heteroatoms. The maximum Gasteiger partial charge on any atom is 0.341 e. The first kappa shape index (κ1) is 21.1. The van der Waals surface area contributed by atoms with Crippen molar-refractivity contribution in [3.05, 3.63) is 57.6 Å². The van der Waals surface area contributed by atoms with Gasteiger partial charge in [0.2, 0.25) is 5.91 Å². The fraction of sp³-hybridized carbons (Fsp3) is 0.167. The minimum atomic E-state index is -0.698. The summed E-state index contributed by atoms with van der Waals surface area (Å²) in [6.07, 6.45) is 0. The number of halogens is 2. The third-order valence-corrected chi connectivity index (χ3v) is 4.96. The van der Waals surface area contributed by atoms with Crippen molar-refractivity contribution in [1.29, 1.82) is 0 Å². The molecule has 0 aromatic heterocycles. The zero-order valence-electron chi connectivity index (χ0n) is 14.4. The van der Waals surface area contributed by atoms with Gasteiger partial charge in [-0.2, -0.15) is 0 Å². The maximum absolute atomic E-state index is 12.3. The molecule has 0 saturated carbocycles. The Morgan fingerprint density at radius 3 is 2.37 bits per heavy atom. The molecule has 2 aromatic carbocycles. The summed E-state index contributed by atoms with van der Waals surface area (Å²) in [6.45, 7) is 0. The van der Waals surface area contributed by atoms with Gasteiger partial charge in [0.05, 0.1) is 36.2 Å². The van der Waals surface area contributed by atoms with Crippen molar-refractivity contribution in [2.24, 2.45) is 0 Å². The Hall–Kier alpha value is -2.22. The quantitative estimate of drug-likeness (QED) is 0.546. The van der Waals surface area contributed by atoms with E-state index in [9.17, 15) is 14.4 Å². The third-order valence-electron chi connectivity index (χ3n) is 3.37. The van der Waals surface area contributed by atoms with Crippen LogP contribution in [-0.4, -0.2) is 37.8 Å². The van der Waals surface area contributed by atoms with Gasteiger partial charge in [-0.15, -0.1) is 11.8 Å². The van der Waals surface area contributed by atoms with Gasteiger partial charge in [0.25, 0.3) is 0 Å². The van der Waals surface area contributed by atoms with Crippen LogP contribution in [0.1, 0.15) is 20.7 Å². The molecule has 0 heterocycles. The number of carbonyl (C=O) groups is 3. The van der Waals surface area contributed by atoms with Crippen molar-refractivity contribution in [3.63, 3.8) is 0 Å². The van der Waals surface area contributed by atoms with E-state index in [1.165, 1.54) is 26.4 Å². The number of benzene rings is 2. The molecule has 0 bridgehead atoms. The molecule has 0 saturated heterocycles. The molecule has 1 N–H and O–H groups in total. The maximum atomic E-state index is 12.3. The van der Waals surface area contributed by atoms with Crippen molar-refractivity contribution in [1.82, 2.24) is 0 Å². The van der Waals surface area contributed by atoms with E-state index in [4.69, 9.17) is 27.9 Å². The summed E-state index contributed by atoms with van der Waals surface area (Å²) in [5.41, 5.74) is 0.516. The number of carbonyl (C=O) groups excluding carboxylic acids is 3. The molecular weight excluding hydrogens is 413 g/mol. The molecule has 6 nitrogen and oxygen atoms in total. The summed E-state index contributed by atoms with van der Waals surface area (Å²) < 4.78 is 9.42. The second kappa shape index (κ2) is 9.64. The lowest BCUT2D eigenvalue weighted by molar-refractivity contribution is -0.113. The first-order valence-corrected chi connectivity index (χ1v) is 9.29. The van der Waals surface area contributed by atoms with Crippen LogP contribution >= 0.6 is 35.0 Å². The van der Waals surface area contributed by atoms with Crippen LogP contribution in [-0.2, 0) is 14.3 Å². The van der Waals surface area contributed by atoms with Crippen molar-refractivity contribution >= 4 is 58.5 Å². The molecule has 1 amide bonds. The van der Waals surface area contributed by atoms with Crippen LogP contribution in [0, 0.1) is 0 Å². The summed E-state index contributed by atoms with van der Waals surface area (Å²) in [7, 11) is 2.49. The first-order valence-electron chi connectivity index (χ1n) is 7.54. The van der Waals surface area contributed by atoms with Crippen molar-refractivity contribution in [2.45, 2.75) is 4.90 Å². The number of thioether (sulfide) groups is 1. The number of anilines is 1. The van der Waals surface area contributed by atoms with Gasteiger partial charge < -0.3 is 14.8 Å². The average molecular weight is 428 g/mol. The van der Waals surface area contributed by atoms with E-state index >= 15 is 0 Å². The second-order valence-electron chi connectivity index (χ2n) is 5.13. The van der Waals surface area contributed by atoms with E-state index in [0.717, 1.165) is 11.8 Å². The summed E-state index contributed by atoms with van der Waals surface area (Å²) >= 11 is 13.1. The minimum Gasteiger partial charge on any atom is -0.465 e. The molecule has 0 atom stereocenters. The van der Waals surface area contributed by atoms with Crippen LogP contribution in [0.15, 0.2) is 41.3 Å². The highest BCUT2D eigenvalue weighted by molar-refractivity contribution is 8.00. The number of ether oxygens (including phenoxy) is 2. The molecule has 0 radical (unpaired) electrons. The standard InChI is InChI=1S/C18H15Cl2NO5S/c1-25-17(23)11-5-3-4-6-14(11)27-9-15(22)21-13-8-10(19)7-12(20)16(13)18(24)26-2/h3-8H,9H2,1-2H3,(H,21,22). The number of hydrogen-bond acceptors (Lipinski definition) is 6. The Morgan fingerprint density at radius 1 is 1.04 bits per heavy atom. The Labute approximate surface area is 170 Å². The molecule has 27 heavy (non-hydrogen) atoms. The highest BCUT2D eigenvalue weighted by Crippen LogP contribution is 2.30. The Morgan fingerprint density at radius 2 is 1.70 bits per heavy atom. The highest BCUT2D eigenvalue weighted by atomic mass is 35.5. The predicted molar refractivity (Wildman–Crippen MR) is 105 cm³/mol. The smallest absolute Gasteiger partial charge is 0.341 e. The molecule has 2 aromatic rings. The fourth-order valence-corrected chi connectivity index (χ4v) is 3.59. The zero-order chi connectivity index (χ0) is 20.0. The Kier molecular flexibility index (Phi) is 7.53. The van der Waals surface area contributed by atoms with E-state index in [1.807, 2.05) is 0 Å². The van der Waals surface area contributed by atoms with Gasteiger partial charge in [0.1, 0.15) is 5.56 Å². The van der Waals surface area contributed by atoms with Crippen LogP contribution in [0.2, 0.25) is 10.0 Å². The number of nitrogens with one attached hydrogen (secondary N) is 1. The van der Waals surface area contributed by atoms with E-state index in [1.54, 1.807) is 24.3 Å². The fourth-order valence-electron chi connectivity index (χ4n) is 2.18. The van der Waals surface area contributed by atoms with Gasteiger partial charge in [-0.05, 0) is 24.3 Å². The van der Waals surface area contributed by atoms with E-state index < -0.39 is 17.8 Å². The van der Waals surface area contributed by atoms with Gasteiger partial charge in [-0.1, -0.05) is 35.3 Å². The SMILES string of the molecule is COC(=O)c1ccccc1SCC(=O)Nc1cc(Cl)cc(Cl)c1C(=O)OC. The van der Waals surface area contributed by atoms with Crippen LogP contribution in [0.3, 0.4) is 0 Å². The van der Waals surface area contributed by atoms with E-state index in [0.29, 0.717) is 10.5 Å². The Balaban J connectivity index is 2.16. The minimum absolute atomic E-state index is 0.0110. The number of rotatable bonds is 6. The third kappa shape index (κ3) is 5.38. The zero-order valence-corrected chi connectivity index (χ0v) is 16.7. The summed E-state index contributed by atoms with van der Waals surface area (Å²) in [4.78, 5) is 36.6. The number of methoxy groups -OCH3 is 2.